The predicted octanol–water partition coefficient (Wildman–Crippen LogP) is 7.51. The molecule has 194 valence electrons. The molecule has 0 saturated heterocycles. The van der Waals surface area contributed by atoms with E-state index in [1.54, 1.807) is 18.2 Å². The summed E-state index contributed by atoms with van der Waals surface area (Å²) in [6.45, 7) is 10.7. The zero-order valence-electron chi connectivity index (χ0n) is 21.4. The van der Waals surface area contributed by atoms with E-state index in [9.17, 15) is 18.4 Å². The van der Waals surface area contributed by atoms with Gasteiger partial charge in [0, 0.05) is 23.9 Å². The van der Waals surface area contributed by atoms with Gasteiger partial charge in [0.2, 0.25) is 0 Å². The quantitative estimate of drug-likeness (QED) is 0.308. The van der Waals surface area contributed by atoms with Crippen molar-refractivity contribution in [3.8, 4) is 16.9 Å². The van der Waals surface area contributed by atoms with Crippen molar-refractivity contribution in [3.63, 3.8) is 0 Å². The summed E-state index contributed by atoms with van der Waals surface area (Å²) in [5, 5.41) is 11.3. The second-order valence-corrected chi connectivity index (χ2v) is 9.37. The average molecular weight is 518 g/mol. The summed E-state index contributed by atoms with van der Waals surface area (Å²) in [5.41, 5.74) is 3.74. The lowest BCUT2D eigenvalue weighted by Crippen LogP contribution is -2.25. The summed E-state index contributed by atoms with van der Waals surface area (Å²) in [7, 11) is 0. The van der Waals surface area contributed by atoms with E-state index in [-0.39, 0.29) is 30.5 Å². The number of carboxylic acids is 1. The topological polar surface area (TPSA) is 75.6 Å². The number of rotatable bonds is 9. The van der Waals surface area contributed by atoms with Crippen LogP contribution in [-0.4, -0.2) is 23.5 Å². The molecule has 1 atom stereocenters. The van der Waals surface area contributed by atoms with Crippen LogP contribution in [0.2, 0.25) is 0 Å². The molecule has 5 nitrogen and oxygen atoms in total. The number of hydrogen-bond acceptors (Lipinski definition) is 4. The van der Waals surface area contributed by atoms with Gasteiger partial charge in [-0.05, 0) is 67.3 Å². The number of carboxylic acid groups (broad SMARTS) is 1. The van der Waals surface area contributed by atoms with E-state index in [1.807, 2.05) is 52.8 Å². The molecule has 0 aliphatic heterocycles. The molecule has 0 aliphatic carbocycles. The molecule has 2 N–H and O–H groups in total. The van der Waals surface area contributed by atoms with Crippen molar-refractivity contribution in [1.29, 1.82) is 0 Å². The average Bonchev–Trinajstić information content (AvgIpc) is 3.30. The first-order valence-corrected chi connectivity index (χ1v) is 12.6. The number of aryl methyl sites for hydroxylation is 2. The third-order valence-corrected chi connectivity index (χ3v) is 6.62. The van der Waals surface area contributed by atoms with Crippen LogP contribution in [0.4, 0.5) is 8.78 Å². The molecule has 3 rings (SSSR count). The van der Waals surface area contributed by atoms with Crippen molar-refractivity contribution >= 4 is 23.2 Å². The fraction of sp³-hybridized carbons (Fsp3) is 0.357. The number of nitrogens with one attached hydrogen (secondary N) is 1. The van der Waals surface area contributed by atoms with Crippen molar-refractivity contribution in [2.45, 2.75) is 60.0 Å². The van der Waals surface area contributed by atoms with Gasteiger partial charge in [0.15, 0.2) is 0 Å². The van der Waals surface area contributed by atoms with E-state index in [2.05, 4.69) is 5.32 Å². The van der Waals surface area contributed by atoms with Crippen LogP contribution in [0.25, 0.3) is 11.1 Å². The van der Waals surface area contributed by atoms with Gasteiger partial charge in [-0.3, -0.25) is 9.59 Å². The molecule has 0 spiro atoms. The summed E-state index contributed by atoms with van der Waals surface area (Å²) < 4.78 is 33.2. The van der Waals surface area contributed by atoms with Crippen molar-refractivity contribution in [2.24, 2.45) is 0 Å². The fourth-order valence-corrected chi connectivity index (χ4v) is 4.61. The lowest BCUT2D eigenvalue weighted by molar-refractivity contribution is -0.136. The molecule has 1 heterocycles. The third kappa shape index (κ3) is 7.62. The van der Waals surface area contributed by atoms with Crippen LogP contribution in [-0.2, 0) is 10.7 Å². The smallest absolute Gasteiger partial charge is 0.305 e. The number of hydrogen-bond donors (Lipinski definition) is 2. The lowest BCUT2D eigenvalue weighted by Gasteiger charge is -2.18. The number of alkyl halides is 2. The molecule has 0 saturated carbocycles. The highest BCUT2D eigenvalue weighted by molar-refractivity contribution is 7.14. The number of carbonyl (C=O) groups excluding carboxylic acids is 1. The molecule has 0 bridgehead atoms. The van der Waals surface area contributed by atoms with E-state index in [1.165, 1.54) is 23.5 Å². The summed E-state index contributed by atoms with van der Waals surface area (Å²) >= 11 is 1.29. The Morgan fingerprint density at radius 2 is 1.64 bits per heavy atom. The highest BCUT2D eigenvalue weighted by Gasteiger charge is 2.24. The van der Waals surface area contributed by atoms with Crippen molar-refractivity contribution in [2.75, 3.05) is 6.54 Å². The summed E-state index contributed by atoms with van der Waals surface area (Å²) in [5.74, 6) is -3.49. The molecule has 1 amide bonds. The van der Waals surface area contributed by atoms with Crippen LogP contribution >= 0.6 is 11.3 Å². The van der Waals surface area contributed by atoms with Gasteiger partial charge in [0.1, 0.15) is 11.9 Å². The largest absolute Gasteiger partial charge is 0.485 e. The molecule has 0 fully saturated rings. The molecule has 0 radical (unpaired) electrons. The Labute approximate surface area is 215 Å². The van der Waals surface area contributed by atoms with Gasteiger partial charge in [-0.1, -0.05) is 38.1 Å². The molecular weight excluding hydrogens is 484 g/mol. The van der Waals surface area contributed by atoms with Gasteiger partial charge in [-0.25, -0.2) is 8.78 Å². The second kappa shape index (κ2) is 12.6. The van der Waals surface area contributed by atoms with Gasteiger partial charge in [-0.2, -0.15) is 0 Å². The molecule has 8 heteroatoms. The molecule has 3 aromatic rings. The maximum absolute atomic E-state index is 13.5. The highest BCUT2D eigenvalue weighted by atomic mass is 32.1. The first kappa shape index (κ1) is 29.0. The fourth-order valence-electron chi connectivity index (χ4n) is 3.70. The predicted molar refractivity (Wildman–Crippen MR) is 140 cm³/mol. The SMILES string of the molecule is CC.Cc1cc(OC(C)c2ccc(C(=O)NCCC(=O)O)s2)cc(C)c1-c1ccc(C(C)(F)F)cc1. The van der Waals surface area contributed by atoms with Crippen LogP contribution in [0.1, 0.15) is 71.5 Å². The minimum Gasteiger partial charge on any atom is -0.485 e. The van der Waals surface area contributed by atoms with Gasteiger partial charge in [0.25, 0.3) is 11.8 Å². The molecule has 0 aliphatic rings. The standard InChI is InChI=1S/C26H27F2NO4S.C2H6/c1-15-13-20(14-16(2)24(15)18-5-7-19(8-6-18)26(4,27)28)33-17(3)21-9-10-22(34-21)25(32)29-12-11-23(30)31;1-2/h5-10,13-14,17H,11-12H2,1-4H3,(H,29,32)(H,30,31);1-2H3. The lowest BCUT2D eigenvalue weighted by atomic mass is 9.94. The summed E-state index contributed by atoms with van der Waals surface area (Å²) in [6.07, 6.45) is -0.436. The van der Waals surface area contributed by atoms with E-state index in [0.717, 1.165) is 34.1 Å². The number of benzene rings is 2. The minimum atomic E-state index is -2.88. The van der Waals surface area contributed by atoms with Crippen LogP contribution in [0, 0.1) is 13.8 Å². The number of thiophene rings is 1. The second-order valence-electron chi connectivity index (χ2n) is 8.26. The Morgan fingerprint density at radius 3 is 2.17 bits per heavy atom. The Bertz CT molecular complexity index is 1160. The Morgan fingerprint density at radius 1 is 1.06 bits per heavy atom. The number of carbonyl (C=O) groups is 2. The van der Waals surface area contributed by atoms with Crippen molar-refractivity contribution in [1.82, 2.24) is 5.32 Å². The van der Waals surface area contributed by atoms with Gasteiger partial charge < -0.3 is 15.2 Å². The van der Waals surface area contributed by atoms with E-state index in [0.29, 0.717) is 10.6 Å². The van der Waals surface area contributed by atoms with E-state index in [4.69, 9.17) is 9.84 Å². The van der Waals surface area contributed by atoms with Crippen LogP contribution in [0.15, 0.2) is 48.5 Å². The molecular formula is C28H33F2NO4S. The Balaban J connectivity index is 0.00000222. The van der Waals surface area contributed by atoms with Crippen molar-refractivity contribution < 1.29 is 28.2 Å². The van der Waals surface area contributed by atoms with Gasteiger partial charge in [0.05, 0.1) is 11.3 Å². The first-order chi connectivity index (χ1) is 17.0. The van der Waals surface area contributed by atoms with Crippen LogP contribution in [0.3, 0.4) is 0 Å². The zero-order valence-corrected chi connectivity index (χ0v) is 22.3. The zero-order chi connectivity index (χ0) is 27.0. The summed E-state index contributed by atoms with van der Waals surface area (Å²) in [6, 6.07) is 13.7. The normalized spacial score (nSPS) is 11.8. The maximum atomic E-state index is 13.5. The van der Waals surface area contributed by atoms with Crippen LogP contribution < -0.4 is 10.1 Å². The Hall–Kier alpha value is -3.26. The molecule has 1 aromatic heterocycles. The first-order valence-electron chi connectivity index (χ1n) is 11.8. The number of ether oxygens (including phenoxy) is 1. The molecule has 1 unspecified atom stereocenters. The van der Waals surface area contributed by atoms with Crippen LogP contribution in [0.5, 0.6) is 5.75 Å². The Kier molecular flexibility index (Phi) is 10.2. The summed E-state index contributed by atoms with van der Waals surface area (Å²) in [4.78, 5) is 24.1. The third-order valence-electron chi connectivity index (χ3n) is 5.38. The van der Waals surface area contributed by atoms with E-state index < -0.39 is 11.9 Å². The number of aliphatic carboxylic acids is 1. The molecule has 2 aromatic carbocycles. The number of halogens is 2. The van der Waals surface area contributed by atoms with Crippen molar-refractivity contribution in [3.05, 3.63) is 75.0 Å². The monoisotopic (exact) mass is 517 g/mol. The maximum Gasteiger partial charge on any atom is 0.305 e. The highest BCUT2D eigenvalue weighted by Crippen LogP contribution is 2.35. The van der Waals surface area contributed by atoms with Gasteiger partial charge in [-0.15, -0.1) is 11.3 Å². The minimum absolute atomic E-state index is 0.0220. The number of amides is 1. The molecule has 36 heavy (non-hydrogen) atoms. The van der Waals surface area contributed by atoms with E-state index >= 15 is 0 Å². The van der Waals surface area contributed by atoms with Gasteiger partial charge >= 0.3 is 5.97 Å².